The minimum absolute atomic E-state index is 0.0488. The van der Waals surface area contributed by atoms with Crippen LogP contribution in [0.4, 0.5) is 0 Å². The van der Waals surface area contributed by atoms with E-state index in [1.807, 2.05) is 12.1 Å². The van der Waals surface area contributed by atoms with Gasteiger partial charge in [-0.15, -0.1) is 0 Å². The van der Waals surface area contributed by atoms with Crippen LogP contribution in [0.1, 0.15) is 49.4 Å². The Morgan fingerprint density at radius 3 is 2.74 bits per heavy atom. The summed E-state index contributed by atoms with van der Waals surface area (Å²) in [6.07, 6.45) is -1.20. The monoisotopic (exact) mass is 465 g/mol. The van der Waals surface area contributed by atoms with Crippen LogP contribution in [-0.4, -0.2) is 38.9 Å². The molecule has 3 aromatic rings. The van der Waals surface area contributed by atoms with Crippen molar-refractivity contribution in [3.05, 3.63) is 50.8 Å². The molecule has 0 fully saturated rings. The zero-order chi connectivity index (χ0) is 23.8. The van der Waals surface area contributed by atoms with E-state index in [1.165, 1.54) is 0 Å². The second-order valence-electron chi connectivity index (χ2n) is 9.43. The summed E-state index contributed by atoms with van der Waals surface area (Å²) in [4.78, 5) is 18.5. The van der Waals surface area contributed by atoms with Crippen molar-refractivity contribution in [2.75, 3.05) is 6.79 Å². The number of aliphatic hydroxyl groups excluding tert-OH is 1. The fourth-order valence-electron chi connectivity index (χ4n) is 5.17. The fraction of sp³-hybridized carbons (Fsp3) is 0.440. The molecule has 3 aliphatic rings. The Bertz CT molecular complexity index is 1400. The number of aromatic nitrogens is 2. The molecule has 0 bridgehead atoms. The highest BCUT2D eigenvalue weighted by Crippen LogP contribution is 2.43. The summed E-state index contributed by atoms with van der Waals surface area (Å²) in [7, 11) is 0. The van der Waals surface area contributed by atoms with Crippen molar-refractivity contribution in [1.82, 2.24) is 14.9 Å². The van der Waals surface area contributed by atoms with Crippen molar-refractivity contribution < 1.29 is 24.4 Å². The molecule has 2 aromatic heterocycles. The average Bonchev–Trinajstić information content (AvgIpc) is 3.42. The SMILES string of the molecule is CC[C@]1(O)c2cc3n(c(=O)c2COC1O)Cc1c-3nc2cc3c(cc2c1CNC(C)C)OCO3. The minimum Gasteiger partial charge on any atom is -0.454 e. The van der Waals surface area contributed by atoms with Gasteiger partial charge in [-0.05, 0) is 24.1 Å². The number of nitrogens with zero attached hydrogens (tertiary/aromatic N) is 2. The Labute approximate surface area is 195 Å². The van der Waals surface area contributed by atoms with E-state index in [9.17, 15) is 15.0 Å². The Hall–Kier alpha value is -2.98. The van der Waals surface area contributed by atoms with E-state index in [-0.39, 0.29) is 31.4 Å². The van der Waals surface area contributed by atoms with Crippen molar-refractivity contribution in [2.45, 2.75) is 64.8 Å². The Kier molecular flexibility index (Phi) is 4.76. The van der Waals surface area contributed by atoms with Gasteiger partial charge < -0.3 is 34.3 Å². The Morgan fingerprint density at radius 1 is 1.24 bits per heavy atom. The summed E-state index contributed by atoms with van der Waals surface area (Å²) >= 11 is 0. The van der Waals surface area contributed by atoms with Gasteiger partial charge in [-0.25, -0.2) is 4.98 Å². The molecule has 0 spiro atoms. The first-order valence-corrected chi connectivity index (χ1v) is 11.6. The largest absolute Gasteiger partial charge is 0.454 e. The molecule has 2 atom stereocenters. The van der Waals surface area contributed by atoms with Gasteiger partial charge >= 0.3 is 0 Å². The molecule has 0 radical (unpaired) electrons. The highest BCUT2D eigenvalue weighted by atomic mass is 16.7. The van der Waals surface area contributed by atoms with Crippen molar-refractivity contribution in [2.24, 2.45) is 0 Å². The number of nitrogens with one attached hydrogen (secondary N) is 1. The summed E-state index contributed by atoms with van der Waals surface area (Å²) in [6.45, 7) is 7.02. The number of benzene rings is 1. The molecule has 0 saturated heterocycles. The van der Waals surface area contributed by atoms with E-state index in [2.05, 4.69) is 19.2 Å². The fourth-order valence-corrected chi connectivity index (χ4v) is 5.17. The number of hydrogen-bond donors (Lipinski definition) is 3. The maximum Gasteiger partial charge on any atom is 0.257 e. The molecule has 6 rings (SSSR count). The number of rotatable bonds is 4. The molecule has 3 aliphatic heterocycles. The number of ether oxygens (including phenoxy) is 3. The molecule has 5 heterocycles. The van der Waals surface area contributed by atoms with Crippen LogP contribution in [0.3, 0.4) is 0 Å². The van der Waals surface area contributed by atoms with E-state index in [0.29, 0.717) is 47.1 Å². The van der Waals surface area contributed by atoms with E-state index in [4.69, 9.17) is 19.2 Å². The summed E-state index contributed by atoms with van der Waals surface area (Å²) in [5.41, 5.74) is 2.98. The van der Waals surface area contributed by atoms with Gasteiger partial charge in [-0.1, -0.05) is 20.8 Å². The molecule has 34 heavy (non-hydrogen) atoms. The summed E-state index contributed by atoms with van der Waals surface area (Å²) < 4.78 is 18.2. The van der Waals surface area contributed by atoms with Crippen molar-refractivity contribution in [3.8, 4) is 22.9 Å². The van der Waals surface area contributed by atoms with E-state index in [1.54, 1.807) is 17.6 Å². The van der Waals surface area contributed by atoms with Crippen LogP contribution >= 0.6 is 0 Å². The lowest BCUT2D eigenvalue weighted by Gasteiger charge is -2.37. The molecule has 1 aromatic carbocycles. The van der Waals surface area contributed by atoms with Gasteiger partial charge in [-0.3, -0.25) is 4.79 Å². The van der Waals surface area contributed by atoms with Crippen molar-refractivity contribution in [3.63, 3.8) is 0 Å². The number of pyridine rings is 2. The van der Waals surface area contributed by atoms with Gasteiger partial charge in [0.2, 0.25) is 6.79 Å². The first kappa shape index (κ1) is 21.5. The molecule has 9 heteroatoms. The maximum absolute atomic E-state index is 13.5. The summed E-state index contributed by atoms with van der Waals surface area (Å²) in [5, 5.41) is 26.0. The zero-order valence-corrected chi connectivity index (χ0v) is 19.3. The second-order valence-corrected chi connectivity index (χ2v) is 9.43. The maximum atomic E-state index is 13.5. The van der Waals surface area contributed by atoms with E-state index in [0.717, 1.165) is 22.0 Å². The molecule has 0 saturated carbocycles. The summed E-state index contributed by atoms with van der Waals surface area (Å²) in [6, 6.07) is 5.89. The zero-order valence-electron chi connectivity index (χ0n) is 19.3. The van der Waals surface area contributed by atoms with Gasteiger partial charge in [0.25, 0.3) is 5.56 Å². The highest BCUT2D eigenvalue weighted by molar-refractivity contribution is 5.90. The van der Waals surface area contributed by atoms with Crippen LogP contribution in [0, 0.1) is 0 Å². The first-order valence-electron chi connectivity index (χ1n) is 11.6. The Balaban J connectivity index is 1.61. The molecule has 1 unspecified atom stereocenters. The second kappa shape index (κ2) is 7.51. The number of aliphatic hydroxyl groups is 2. The lowest BCUT2D eigenvalue weighted by molar-refractivity contribution is -0.236. The topological polar surface area (TPSA) is 115 Å². The molecule has 3 N–H and O–H groups in total. The third-order valence-corrected chi connectivity index (χ3v) is 7.14. The molecule has 9 nitrogen and oxygen atoms in total. The molecule has 178 valence electrons. The summed E-state index contributed by atoms with van der Waals surface area (Å²) in [5.74, 6) is 1.33. The van der Waals surface area contributed by atoms with Crippen LogP contribution in [0.5, 0.6) is 11.5 Å². The van der Waals surface area contributed by atoms with Gasteiger partial charge in [0, 0.05) is 40.7 Å². The predicted octanol–water partition coefficient (Wildman–Crippen LogP) is 2.10. The van der Waals surface area contributed by atoms with E-state index < -0.39 is 11.9 Å². The standard InChI is InChI=1S/C25H27N3O6/c1-4-25(31)17-6-19-22-15(9-28(19)23(29)16(17)10-32-24(25)30)14(8-26-12(2)3)13-5-20-21(34-11-33-20)7-18(13)27-22/h5-7,12,24,26,30-31H,4,8-11H2,1-3H3/t24?,25-/m0/s1. The van der Waals surface area contributed by atoms with Crippen LogP contribution in [-0.2, 0) is 30.0 Å². The highest BCUT2D eigenvalue weighted by Gasteiger charge is 2.44. The lowest BCUT2D eigenvalue weighted by atomic mass is 9.85. The number of hydrogen-bond acceptors (Lipinski definition) is 8. The van der Waals surface area contributed by atoms with Gasteiger partial charge in [0.05, 0.1) is 30.1 Å². The molecular weight excluding hydrogens is 438 g/mol. The van der Waals surface area contributed by atoms with Crippen LogP contribution in [0.25, 0.3) is 22.3 Å². The third kappa shape index (κ3) is 2.94. The van der Waals surface area contributed by atoms with Crippen LogP contribution in [0.15, 0.2) is 23.0 Å². The molecular formula is C25H27N3O6. The quantitative estimate of drug-likeness (QED) is 0.420. The first-order chi connectivity index (χ1) is 16.3. The third-order valence-electron chi connectivity index (χ3n) is 7.14. The predicted molar refractivity (Wildman–Crippen MR) is 124 cm³/mol. The lowest BCUT2D eigenvalue weighted by Crippen LogP contribution is -2.47. The Morgan fingerprint density at radius 2 is 2.00 bits per heavy atom. The molecule has 0 aliphatic carbocycles. The van der Waals surface area contributed by atoms with Crippen molar-refractivity contribution >= 4 is 10.9 Å². The van der Waals surface area contributed by atoms with Gasteiger partial charge in [0.1, 0.15) is 5.60 Å². The minimum atomic E-state index is -1.66. The van der Waals surface area contributed by atoms with Gasteiger partial charge in [-0.2, -0.15) is 0 Å². The van der Waals surface area contributed by atoms with Gasteiger partial charge in [0.15, 0.2) is 17.8 Å². The average molecular weight is 466 g/mol. The van der Waals surface area contributed by atoms with Crippen LogP contribution in [0.2, 0.25) is 0 Å². The van der Waals surface area contributed by atoms with Crippen molar-refractivity contribution in [1.29, 1.82) is 0 Å². The smallest absolute Gasteiger partial charge is 0.257 e. The van der Waals surface area contributed by atoms with E-state index >= 15 is 0 Å². The molecule has 0 amide bonds. The van der Waals surface area contributed by atoms with Crippen LogP contribution < -0.4 is 20.3 Å². The normalized spacial score (nSPS) is 22.2. The number of fused-ring (bicyclic) bond motifs is 6.